The lowest BCUT2D eigenvalue weighted by Crippen LogP contribution is -2.38. The highest BCUT2D eigenvalue weighted by Crippen LogP contribution is 2.32. The van der Waals surface area contributed by atoms with Gasteiger partial charge in [0.05, 0.1) is 33.9 Å². The van der Waals surface area contributed by atoms with Crippen molar-refractivity contribution in [3.8, 4) is 5.88 Å². The summed E-state index contributed by atoms with van der Waals surface area (Å²) in [5.41, 5.74) is 3.35. The molecule has 9 heteroatoms. The number of sulfonamides is 1. The molecule has 0 spiro atoms. The highest BCUT2D eigenvalue weighted by atomic mass is 32.2. The molecule has 7 nitrogen and oxygen atoms in total. The van der Waals surface area contributed by atoms with Gasteiger partial charge >= 0.3 is 0 Å². The van der Waals surface area contributed by atoms with Gasteiger partial charge in [-0.15, -0.1) is 0 Å². The average molecular weight is 523 g/mol. The molecule has 0 bridgehead atoms. The fourth-order valence-electron chi connectivity index (χ4n) is 4.17. The van der Waals surface area contributed by atoms with E-state index in [2.05, 4.69) is 4.98 Å². The number of nitrogens with zero attached hydrogens (tertiary/aromatic N) is 3. The Morgan fingerprint density at radius 1 is 1.00 bits per heavy atom. The zero-order valence-electron chi connectivity index (χ0n) is 21.1. The quantitative estimate of drug-likeness (QED) is 0.277. The number of nitrogens with one attached hydrogen (secondary N) is 1. The summed E-state index contributed by atoms with van der Waals surface area (Å²) in [7, 11) is 0.344. The topological polar surface area (TPSA) is 89.0 Å². The second-order valence-electron chi connectivity index (χ2n) is 9.07. The zero-order valence-corrected chi connectivity index (χ0v) is 22.0. The van der Waals surface area contributed by atoms with Gasteiger partial charge in [0.1, 0.15) is 5.82 Å². The van der Waals surface area contributed by atoms with Gasteiger partial charge < -0.3 is 15.0 Å². The summed E-state index contributed by atoms with van der Waals surface area (Å²) in [5.74, 6) is -0.454. The van der Waals surface area contributed by atoms with Gasteiger partial charge in [0, 0.05) is 24.0 Å². The van der Waals surface area contributed by atoms with Crippen LogP contribution in [-0.2, 0) is 10.0 Å². The predicted octanol–water partition coefficient (Wildman–Crippen LogP) is 5.29. The first kappa shape index (κ1) is 26.4. The largest absolute Gasteiger partial charge is 0.494 e. The van der Waals surface area contributed by atoms with Gasteiger partial charge in [0.15, 0.2) is 5.88 Å². The normalized spacial score (nSPS) is 12.4. The van der Waals surface area contributed by atoms with E-state index in [4.69, 9.17) is 4.99 Å². The summed E-state index contributed by atoms with van der Waals surface area (Å²) in [4.78, 5) is 9.62. The fourth-order valence-corrected chi connectivity index (χ4v) is 5.71. The molecule has 0 amide bonds. The number of fused-ring (bicyclic) bond motifs is 1. The minimum atomic E-state index is -3.47. The number of aromatic hydroxyl groups is 1. The van der Waals surface area contributed by atoms with Crippen LogP contribution in [0, 0.1) is 5.82 Å². The Balaban J connectivity index is 1.78. The van der Waals surface area contributed by atoms with Crippen LogP contribution in [-0.4, -0.2) is 62.1 Å². The van der Waals surface area contributed by atoms with Crippen LogP contribution in [0.25, 0.3) is 10.9 Å². The van der Waals surface area contributed by atoms with Crippen molar-refractivity contribution in [1.82, 2.24) is 9.88 Å². The Labute approximate surface area is 216 Å². The number of likely N-dealkylation sites (N-methyl/N-ethyl adjacent to an activating group) is 1. The molecule has 0 radical (unpaired) electrons. The maximum Gasteiger partial charge on any atom is 0.235 e. The molecule has 0 saturated heterocycles. The summed E-state index contributed by atoms with van der Waals surface area (Å²) in [6.45, 7) is 2.77. The van der Waals surface area contributed by atoms with Gasteiger partial charge in [-0.05, 0) is 63.0 Å². The molecular weight excluding hydrogens is 491 g/mol. The van der Waals surface area contributed by atoms with Crippen LogP contribution in [0.3, 0.4) is 0 Å². The Bertz CT molecular complexity index is 1500. The number of halogens is 1. The molecule has 194 valence electrons. The van der Waals surface area contributed by atoms with E-state index in [-0.39, 0.29) is 11.6 Å². The first-order valence-electron chi connectivity index (χ1n) is 12.1. The van der Waals surface area contributed by atoms with Crippen molar-refractivity contribution in [2.75, 3.05) is 37.2 Å². The van der Waals surface area contributed by atoms with Crippen LogP contribution in [0.5, 0.6) is 5.88 Å². The molecule has 0 aliphatic heterocycles. The molecule has 37 heavy (non-hydrogen) atoms. The number of aromatic nitrogens is 1. The molecule has 0 aliphatic rings. The van der Waals surface area contributed by atoms with Crippen molar-refractivity contribution < 1.29 is 17.9 Å². The minimum absolute atomic E-state index is 0.0684. The van der Waals surface area contributed by atoms with Crippen LogP contribution >= 0.6 is 0 Å². The van der Waals surface area contributed by atoms with E-state index >= 15 is 0 Å². The van der Waals surface area contributed by atoms with E-state index < -0.39 is 15.8 Å². The lowest BCUT2D eigenvalue weighted by atomic mass is 10.0. The molecule has 0 atom stereocenters. The second kappa shape index (κ2) is 11.1. The molecule has 4 aromatic rings. The van der Waals surface area contributed by atoms with Crippen molar-refractivity contribution in [3.05, 3.63) is 89.7 Å². The van der Waals surface area contributed by atoms with Crippen molar-refractivity contribution >= 4 is 38.0 Å². The molecule has 2 N–H and O–H groups in total. The standard InChI is InChI=1S/C28H31FN4O3S/c1-4-18-37(35,36)33(17-16-32(2)3)23-13-11-22(12-14-23)30-27(20-8-6-5-7-9-20)26-24-15-10-21(29)19-25(24)31-28(26)34/h5-15,19,31,34H,4,16-18H2,1-3H3. The maximum atomic E-state index is 13.8. The zero-order chi connectivity index (χ0) is 26.6. The van der Waals surface area contributed by atoms with Crippen LogP contribution < -0.4 is 4.31 Å². The van der Waals surface area contributed by atoms with E-state index in [1.165, 1.54) is 16.4 Å². The predicted molar refractivity (Wildman–Crippen MR) is 148 cm³/mol. The van der Waals surface area contributed by atoms with Crippen LogP contribution in [0.2, 0.25) is 0 Å². The highest BCUT2D eigenvalue weighted by molar-refractivity contribution is 7.92. The number of hydrogen-bond donors (Lipinski definition) is 2. The van der Waals surface area contributed by atoms with Crippen molar-refractivity contribution in [2.45, 2.75) is 13.3 Å². The SMILES string of the molecule is CCCS(=O)(=O)N(CCN(C)C)c1ccc(N=C(c2ccccc2)c2c(O)[nH]c3cc(F)ccc23)cc1. The number of H-pyrrole nitrogens is 1. The summed E-state index contributed by atoms with van der Waals surface area (Å²) in [5, 5.41) is 11.4. The Morgan fingerprint density at radius 3 is 2.35 bits per heavy atom. The maximum absolute atomic E-state index is 13.8. The van der Waals surface area contributed by atoms with Crippen molar-refractivity contribution in [2.24, 2.45) is 4.99 Å². The fraction of sp³-hybridized carbons (Fsp3) is 0.250. The highest BCUT2D eigenvalue weighted by Gasteiger charge is 2.22. The van der Waals surface area contributed by atoms with Crippen LogP contribution in [0.1, 0.15) is 24.5 Å². The Morgan fingerprint density at radius 2 is 1.70 bits per heavy atom. The van der Waals surface area contributed by atoms with Gasteiger partial charge in [0.2, 0.25) is 10.0 Å². The molecule has 0 fully saturated rings. The van der Waals surface area contributed by atoms with Crippen molar-refractivity contribution in [1.29, 1.82) is 0 Å². The summed E-state index contributed by atoms with van der Waals surface area (Å²) >= 11 is 0. The van der Waals surface area contributed by atoms with E-state index in [1.807, 2.05) is 56.3 Å². The van der Waals surface area contributed by atoms with Gasteiger partial charge in [-0.2, -0.15) is 0 Å². The monoisotopic (exact) mass is 522 g/mol. The summed E-state index contributed by atoms with van der Waals surface area (Å²) < 4.78 is 41.2. The lowest BCUT2D eigenvalue weighted by molar-refractivity contribution is 0.419. The molecule has 4 rings (SSSR count). The third-order valence-corrected chi connectivity index (χ3v) is 7.94. The molecule has 1 aromatic heterocycles. The van der Waals surface area contributed by atoms with Crippen LogP contribution in [0.4, 0.5) is 15.8 Å². The smallest absolute Gasteiger partial charge is 0.235 e. The second-order valence-corrected chi connectivity index (χ2v) is 11.1. The first-order chi connectivity index (χ1) is 17.7. The molecule has 3 aromatic carbocycles. The molecule has 0 saturated carbocycles. The number of benzene rings is 3. The minimum Gasteiger partial charge on any atom is -0.494 e. The third-order valence-electron chi connectivity index (χ3n) is 5.95. The van der Waals surface area contributed by atoms with Gasteiger partial charge in [-0.1, -0.05) is 37.3 Å². The van der Waals surface area contributed by atoms with Gasteiger partial charge in [-0.25, -0.2) is 17.8 Å². The molecule has 0 aliphatic carbocycles. The number of rotatable bonds is 10. The van der Waals surface area contributed by atoms with E-state index in [1.54, 1.807) is 30.3 Å². The van der Waals surface area contributed by atoms with E-state index in [0.717, 1.165) is 5.56 Å². The van der Waals surface area contributed by atoms with Gasteiger partial charge in [0.25, 0.3) is 0 Å². The Kier molecular flexibility index (Phi) is 7.94. The molecule has 0 unspecified atom stereocenters. The average Bonchev–Trinajstić information content (AvgIpc) is 3.18. The Hall–Kier alpha value is -3.69. The van der Waals surface area contributed by atoms with Crippen molar-refractivity contribution in [3.63, 3.8) is 0 Å². The first-order valence-corrected chi connectivity index (χ1v) is 13.7. The van der Waals surface area contributed by atoms with E-state index in [9.17, 15) is 17.9 Å². The number of hydrogen-bond acceptors (Lipinski definition) is 5. The van der Waals surface area contributed by atoms with Gasteiger partial charge in [-0.3, -0.25) is 4.31 Å². The van der Waals surface area contributed by atoms with E-state index in [0.29, 0.717) is 53.1 Å². The number of anilines is 1. The summed E-state index contributed by atoms with van der Waals surface area (Å²) in [6, 6.07) is 20.7. The van der Waals surface area contributed by atoms with Crippen LogP contribution in [0.15, 0.2) is 77.8 Å². The summed E-state index contributed by atoms with van der Waals surface area (Å²) in [6.07, 6.45) is 0.529. The number of aromatic amines is 1. The lowest BCUT2D eigenvalue weighted by Gasteiger charge is -2.26. The number of aliphatic imine (C=N–C) groups is 1. The molecule has 1 heterocycles. The third kappa shape index (κ3) is 6.00. The molecular formula is C28H31FN4O3S.